The molecule has 0 N–H and O–H groups in total. The minimum atomic E-state index is 0.546. The Morgan fingerprint density at radius 2 is 1.50 bits per heavy atom. The second kappa shape index (κ2) is 5.80. The number of fused-ring (bicyclic) bond motifs is 4. The van der Waals surface area contributed by atoms with Gasteiger partial charge in [0.05, 0.1) is 0 Å². The summed E-state index contributed by atoms with van der Waals surface area (Å²) in [6, 6.07) is 0. The second-order valence-corrected chi connectivity index (χ2v) is 15.0. The van der Waals surface area contributed by atoms with Gasteiger partial charge in [-0.15, -0.1) is 0 Å². The second-order valence-electron chi connectivity index (χ2n) is 15.0. The van der Waals surface area contributed by atoms with Crippen molar-refractivity contribution in [2.24, 2.45) is 62.6 Å². The van der Waals surface area contributed by atoms with E-state index in [1.807, 2.05) is 0 Å². The molecule has 6 rings (SSSR count). The predicted octanol–water partition coefficient (Wildman–Crippen LogP) is 8.66. The summed E-state index contributed by atoms with van der Waals surface area (Å²) in [6.07, 6.45) is 16.3. The van der Waals surface area contributed by atoms with E-state index in [9.17, 15) is 0 Å². The molecule has 0 spiro atoms. The van der Waals surface area contributed by atoms with Crippen LogP contribution in [0.1, 0.15) is 112 Å². The fourth-order valence-corrected chi connectivity index (χ4v) is 12.3. The molecule has 6 fully saturated rings. The van der Waals surface area contributed by atoms with Crippen LogP contribution in [0.15, 0.2) is 12.2 Å². The zero-order valence-corrected chi connectivity index (χ0v) is 20.9. The summed E-state index contributed by atoms with van der Waals surface area (Å²) < 4.78 is 0. The fraction of sp³-hybridized carbons (Fsp3) is 0.933. The van der Waals surface area contributed by atoms with Crippen LogP contribution in [0.2, 0.25) is 0 Å². The molecule has 0 amide bonds. The molecule has 0 aromatic rings. The van der Waals surface area contributed by atoms with Crippen LogP contribution < -0.4 is 0 Å². The van der Waals surface area contributed by atoms with Gasteiger partial charge in [0.25, 0.3) is 0 Å². The first-order valence-electron chi connectivity index (χ1n) is 13.6. The van der Waals surface area contributed by atoms with Gasteiger partial charge in [0.2, 0.25) is 0 Å². The smallest absolute Gasteiger partial charge is 0.0169 e. The molecule has 0 nitrogen and oxygen atoms in total. The zero-order chi connectivity index (χ0) is 21.3. The molecule has 10 unspecified atom stereocenters. The Hall–Kier alpha value is -0.260. The predicted molar refractivity (Wildman–Crippen MR) is 127 cm³/mol. The van der Waals surface area contributed by atoms with Crippen molar-refractivity contribution < 1.29 is 0 Å². The highest BCUT2D eigenvalue weighted by Crippen LogP contribution is 2.79. The van der Waals surface area contributed by atoms with E-state index in [1.54, 1.807) is 5.57 Å². The number of hydrogen-bond acceptors (Lipinski definition) is 0. The van der Waals surface area contributed by atoms with E-state index in [0.717, 1.165) is 35.5 Å². The van der Waals surface area contributed by atoms with Crippen LogP contribution in [0.5, 0.6) is 0 Å². The molecule has 6 aliphatic rings. The first-order valence-corrected chi connectivity index (χ1v) is 13.6. The van der Waals surface area contributed by atoms with Crippen molar-refractivity contribution in [1.82, 2.24) is 0 Å². The lowest BCUT2D eigenvalue weighted by Crippen LogP contribution is -2.68. The third-order valence-electron chi connectivity index (χ3n) is 13.8. The van der Waals surface area contributed by atoms with Gasteiger partial charge >= 0.3 is 0 Å². The molecule has 0 saturated heterocycles. The van der Waals surface area contributed by atoms with Crippen molar-refractivity contribution in [2.45, 2.75) is 112 Å². The molecule has 0 heteroatoms. The van der Waals surface area contributed by atoms with Crippen LogP contribution in [-0.4, -0.2) is 0 Å². The van der Waals surface area contributed by atoms with E-state index in [4.69, 9.17) is 6.58 Å². The summed E-state index contributed by atoms with van der Waals surface area (Å²) in [5, 5.41) is 0. The molecule has 6 saturated carbocycles. The van der Waals surface area contributed by atoms with Gasteiger partial charge in [-0.05, 0) is 127 Å². The van der Waals surface area contributed by atoms with Gasteiger partial charge in [0.15, 0.2) is 0 Å². The first kappa shape index (κ1) is 20.4. The molecule has 6 aliphatic carbocycles. The highest BCUT2D eigenvalue weighted by Gasteiger charge is 2.72. The summed E-state index contributed by atoms with van der Waals surface area (Å²) in [5.41, 5.74) is 4.51. The minimum absolute atomic E-state index is 0.546. The molecule has 168 valence electrons. The maximum Gasteiger partial charge on any atom is -0.0169 e. The van der Waals surface area contributed by atoms with Crippen LogP contribution in [0.25, 0.3) is 0 Å². The maximum absolute atomic E-state index is 4.73. The van der Waals surface area contributed by atoms with Crippen molar-refractivity contribution in [3.05, 3.63) is 12.2 Å². The van der Waals surface area contributed by atoms with Gasteiger partial charge in [-0.3, -0.25) is 0 Å². The third kappa shape index (κ3) is 2.16. The fourth-order valence-electron chi connectivity index (χ4n) is 12.3. The van der Waals surface area contributed by atoms with Crippen LogP contribution in [-0.2, 0) is 0 Å². The van der Waals surface area contributed by atoms with Gasteiger partial charge in [-0.25, -0.2) is 0 Å². The Balaban J connectivity index is 1.48. The summed E-state index contributed by atoms with van der Waals surface area (Å²) in [6.45, 7) is 21.0. The topological polar surface area (TPSA) is 0 Å². The van der Waals surface area contributed by atoms with E-state index < -0.39 is 0 Å². The van der Waals surface area contributed by atoms with E-state index in [1.165, 1.54) is 70.6 Å². The van der Waals surface area contributed by atoms with Crippen LogP contribution in [0.3, 0.4) is 0 Å². The van der Waals surface area contributed by atoms with Crippen LogP contribution in [0.4, 0.5) is 0 Å². The van der Waals surface area contributed by atoms with Gasteiger partial charge in [-0.1, -0.05) is 60.1 Å². The molecule has 0 aliphatic heterocycles. The SMILES string of the molecule is C=C1CC2CC3C4(C)CCCC(C)(C)C4CCC3(C)C3(C)CCC4(C)CCC1C4C23. The largest absolute Gasteiger partial charge is 0.0996 e. The van der Waals surface area contributed by atoms with E-state index >= 15 is 0 Å². The average molecular weight is 409 g/mol. The summed E-state index contributed by atoms with van der Waals surface area (Å²) in [7, 11) is 0. The Bertz CT molecular complexity index is 775. The monoisotopic (exact) mass is 408 g/mol. The summed E-state index contributed by atoms with van der Waals surface area (Å²) in [4.78, 5) is 0. The Kier molecular flexibility index (Phi) is 3.94. The third-order valence-corrected chi connectivity index (χ3v) is 13.8. The maximum atomic E-state index is 4.73. The van der Waals surface area contributed by atoms with Crippen molar-refractivity contribution >= 4 is 0 Å². The van der Waals surface area contributed by atoms with E-state index in [0.29, 0.717) is 27.1 Å². The molecule has 0 bridgehead atoms. The number of rotatable bonds is 0. The quantitative estimate of drug-likeness (QED) is 0.352. The van der Waals surface area contributed by atoms with Crippen LogP contribution >= 0.6 is 0 Å². The summed E-state index contributed by atoms with van der Waals surface area (Å²) >= 11 is 0. The van der Waals surface area contributed by atoms with E-state index in [-0.39, 0.29) is 0 Å². The summed E-state index contributed by atoms with van der Waals surface area (Å²) in [5.74, 6) is 5.60. The number of hydrogen-bond donors (Lipinski definition) is 0. The van der Waals surface area contributed by atoms with Gasteiger partial charge in [0.1, 0.15) is 0 Å². The minimum Gasteiger partial charge on any atom is -0.0996 e. The lowest BCUT2D eigenvalue weighted by atomic mass is 9.30. The molecule has 10 atom stereocenters. The highest BCUT2D eigenvalue weighted by atomic mass is 14.8. The van der Waals surface area contributed by atoms with Crippen molar-refractivity contribution in [3.8, 4) is 0 Å². The standard InChI is InChI=1S/C30H48/c1-19-17-20-18-23-28(5)12-8-11-26(2,3)22(28)10-14-29(23,6)30(7)16-15-27(4)13-9-21(19)25(27)24(20)30/h20-25H,1,8-18H2,2-7H3. The molecule has 0 aromatic heterocycles. The molecule has 0 radical (unpaired) electrons. The Morgan fingerprint density at radius 1 is 0.733 bits per heavy atom. The zero-order valence-electron chi connectivity index (χ0n) is 20.9. The van der Waals surface area contributed by atoms with Crippen LogP contribution in [0, 0.1) is 62.6 Å². The first-order chi connectivity index (χ1) is 14.0. The van der Waals surface area contributed by atoms with Crippen molar-refractivity contribution in [1.29, 1.82) is 0 Å². The highest BCUT2D eigenvalue weighted by molar-refractivity contribution is 5.26. The van der Waals surface area contributed by atoms with Gasteiger partial charge in [-0.2, -0.15) is 0 Å². The Labute approximate surface area is 187 Å². The number of allylic oxidation sites excluding steroid dienone is 1. The lowest BCUT2D eigenvalue weighted by molar-refractivity contribution is -0.256. The Morgan fingerprint density at radius 3 is 2.27 bits per heavy atom. The van der Waals surface area contributed by atoms with Gasteiger partial charge < -0.3 is 0 Å². The van der Waals surface area contributed by atoms with E-state index in [2.05, 4.69) is 41.5 Å². The van der Waals surface area contributed by atoms with Gasteiger partial charge in [0, 0.05) is 0 Å². The molecule has 0 aromatic carbocycles. The molecule has 30 heavy (non-hydrogen) atoms. The van der Waals surface area contributed by atoms with Crippen molar-refractivity contribution in [3.63, 3.8) is 0 Å². The molecular weight excluding hydrogens is 360 g/mol. The average Bonchev–Trinajstić information content (AvgIpc) is 3.01. The molecular formula is C30H48. The lowest BCUT2D eigenvalue weighted by Gasteiger charge is -2.75. The normalized spacial score (nSPS) is 61.1. The van der Waals surface area contributed by atoms with Crippen molar-refractivity contribution in [2.75, 3.05) is 0 Å². The molecule has 0 heterocycles.